The molecule has 36 heavy (non-hydrogen) atoms. The predicted octanol–water partition coefficient (Wildman–Crippen LogP) is 8.91. The van der Waals surface area contributed by atoms with Crippen molar-refractivity contribution in [2.75, 3.05) is 0 Å². The number of aryl methyl sites for hydroxylation is 4. The summed E-state index contributed by atoms with van der Waals surface area (Å²) >= 11 is 0. The fourth-order valence-electron chi connectivity index (χ4n) is 4.44. The molecule has 0 aliphatic heterocycles. The van der Waals surface area contributed by atoms with Gasteiger partial charge in [-0.15, -0.1) is 0 Å². The van der Waals surface area contributed by atoms with Crippen molar-refractivity contribution < 1.29 is 13.2 Å². The largest absolute Gasteiger partial charge is 0.256 e. The molecule has 4 aromatic rings. The van der Waals surface area contributed by atoms with Crippen LogP contribution in [0.25, 0.3) is 22.4 Å². The molecule has 0 bridgehead atoms. The van der Waals surface area contributed by atoms with Crippen molar-refractivity contribution in [3.8, 4) is 22.4 Å². The molecular weight excluding hydrogens is 455 g/mol. The molecular formula is C32H32F3N. The van der Waals surface area contributed by atoms with E-state index in [0.717, 1.165) is 59.9 Å². The lowest BCUT2D eigenvalue weighted by atomic mass is 9.97. The molecule has 0 unspecified atom stereocenters. The highest BCUT2D eigenvalue weighted by molar-refractivity contribution is 5.64. The minimum atomic E-state index is -0.858. The van der Waals surface area contributed by atoms with Gasteiger partial charge >= 0.3 is 0 Å². The summed E-state index contributed by atoms with van der Waals surface area (Å²) in [5, 5.41) is 0. The van der Waals surface area contributed by atoms with Gasteiger partial charge in [-0.3, -0.25) is 4.98 Å². The van der Waals surface area contributed by atoms with Gasteiger partial charge in [0.05, 0.1) is 5.69 Å². The van der Waals surface area contributed by atoms with E-state index in [9.17, 15) is 13.2 Å². The Labute approximate surface area is 212 Å². The van der Waals surface area contributed by atoms with Crippen molar-refractivity contribution in [2.45, 2.75) is 58.8 Å². The smallest absolute Gasteiger partial charge is 0.168 e. The van der Waals surface area contributed by atoms with Gasteiger partial charge in [-0.1, -0.05) is 75.2 Å². The number of aromatic nitrogens is 1. The molecule has 0 saturated heterocycles. The Bertz CT molecular complexity index is 1290. The topological polar surface area (TPSA) is 12.9 Å². The molecule has 0 amide bonds. The Kier molecular flexibility index (Phi) is 8.58. The molecule has 186 valence electrons. The molecule has 0 spiro atoms. The molecule has 0 saturated carbocycles. The van der Waals surface area contributed by atoms with Crippen LogP contribution in [0.1, 0.15) is 55.4 Å². The number of pyridine rings is 1. The molecule has 0 N–H and O–H groups in total. The lowest BCUT2D eigenvalue weighted by Gasteiger charge is -2.10. The number of halogens is 3. The van der Waals surface area contributed by atoms with E-state index in [1.54, 1.807) is 30.5 Å². The molecule has 0 aliphatic carbocycles. The summed E-state index contributed by atoms with van der Waals surface area (Å²) in [5.74, 6) is -1.84. The highest BCUT2D eigenvalue weighted by atomic mass is 19.2. The Morgan fingerprint density at radius 3 is 2.00 bits per heavy atom. The summed E-state index contributed by atoms with van der Waals surface area (Å²) < 4.78 is 44.1. The van der Waals surface area contributed by atoms with Crippen molar-refractivity contribution in [3.05, 3.63) is 113 Å². The number of unbranched alkanes of at least 4 members (excludes halogenated alkanes) is 1. The number of hydrogen-bond acceptors (Lipinski definition) is 1. The molecule has 0 fully saturated rings. The van der Waals surface area contributed by atoms with E-state index in [-0.39, 0.29) is 11.4 Å². The van der Waals surface area contributed by atoms with E-state index in [1.807, 2.05) is 42.5 Å². The van der Waals surface area contributed by atoms with Gasteiger partial charge in [0.2, 0.25) is 0 Å². The average molecular weight is 488 g/mol. The van der Waals surface area contributed by atoms with Crippen molar-refractivity contribution in [1.82, 2.24) is 4.98 Å². The molecule has 0 aliphatic rings. The molecule has 4 heteroatoms. The second-order valence-corrected chi connectivity index (χ2v) is 9.31. The SMILES string of the molecule is CCCCc1ccc(-c2ccc(CCc3ccc(-c4ccc(CCC)cn4)c(F)c3F)cc2)cc1F. The molecule has 1 nitrogen and oxygen atoms in total. The monoisotopic (exact) mass is 487 g/mol. The normalized spacial score (nSPS) is 11.1. The van der Waals surface area contributed by atoms with Crippen LogP contribution in [-0.4, -0.2) is 4.98 Å². The Morgan fingerprint density at radius 2 is 1.33 bits per heavy atom. The number of hydrogen-bond donors (Lipinski definition) is 0. The van der Waals surface area contributed by atoms with Gasteiger partial charge in [0, 0.05) is 11.8 Å². The van der Waals surface area contributed by atoms with Crippen LogP contribution in [0.15, 0.2) is 72.9 Å². The van der Waals surface area contributed by atoms with Gasteiger partial charge < -0.3 is 0 Å². The van der Waals surface area contributed by atoms with Gasteiger partial charge in [-0.2, -0.15) is 0 Å². The van der Waals surface area contributed by atoms with Crippen LogP contribution in [0.5, 0.6) is 0 Å². The van der Waals surface area contributed by atoms with E-state index in [1.165, 1.54) is 0 Å². The minimum Gasteiger partial charge on any atom is -0.256 e. The summed E-state index contributed by atoms with van der Waals surface area (Å²) in [4.78, 5) is 4.32. The van der Waals surface area contributed by atoms with Gasteiger partial charge in [0.1, 0.15) is 5.82 Å². The first-order valence-corrected chi connectivity index (χ1v) is 12.8. The minimum absolute atomic E-state index is 0.168. The van der Waals surface area contributed by atoms with Gasteiger partial charge in [-0.05, 0) is 83.7 Å². The fourth-order valence-corrected chi connectivity index (χ4v) is 4.44. The maximum atomic E-state index is 14.8. The Balaban J connectivity index is 1.42. The van der Waals surface area contributed by atoms with Gasteiger partial charge in [-0.25, -0.2) is 13.2 Å². The van der Waals surface area contributed by atoms with E-state index < -0.39 is 11.6 Å². The quantitative estimate of drug-likeness (QED) is 0.218. The van der Waals surface area contributed by atoms with E-state index >= 15 is 0 Å². The van der Waals surface area contributed by atoms with Crippen LogP contribution in [0.2, 0.25) is 0 Å². The van der Waals surface area contributed by atoms with Gasteiger partial charge in [0.15, 0.2) is 11.6 Å². The first-order valence-electron chi connectivity index (χ1n) is 12.8. The van der Waals surface area contributed by atoms with E-state index in [4.69, 9.17) is 0 Å². The van der Waals surface area contributed by atoms with Gasteiger partial charge in [0.25, 0.3) is 0 Å². The van der Waals surface area contributed by atoms with E-state index in [0.29, 0.717) is 24.1 Å². The number of rotatable bonds is 10. The van der Waals surface area contributed by atoms with Crippen LogP contribution in [-0.2, 0) is 25.7 Å². The number of benzene rings is 3. The summed E-state index contributed by atoms with van der Waals surface area (Å²) in [6.45, 7) is 4.18. The zero-order valence-electron chi connectivity index (χ0n) is 21.0. The predicted molar refractivity (Wildman–Crippen MR) is 141 cm³/mol. The zero-order chi connectivity index (χ0) is 25.5. The maximum absolute atomic E-state index is 14.8. The first-order chi connectivity index (χ1) is 17.5. The summed E-state index contributed by atoms with van der Waals surface area (Å²) in [7, 11) is 0. The second-order valence-electron chi connectivity index (χ2n) is 9.31. The van der Waals surface area contributed by atoms with Crippen LogP contribution < -0.4 is 0 Å². The third kappa shape index (κ3) is 6.04. The molecule has 0 radical (unpaired) electrons. The summed E-state index contributed by atoms with van der Waals surface area (Å²) in [5.41, 5.74) is 5.56. The molecule has 1 heterocycles. The number of nitrogens with zero attached hydrogens (tertiary/aromatic N) is 1. The summed E-state index contributed by atoms with van der Waals surface area (Å²) in [6.07, 6.45) is 7.35. The highest BCUT2D eigenvalue weighted by Gasteiger charge is 2.16. The second kappa shape index (κ2) is 12.0. The Morgan fingerprint density at radius 1 is 0.611 bits per heavy atom. The van der Waals surface area contributed by atoms with Crippen molar-refractivity contribution in [2.24, 2.45) is 0 Å². The third-order valence-electron chi connectivity index (χ3n) is 6.62. The lowest BCUT2D eigenvalue weighted by Crippen LogP contribution is -2.00. The van der Waals surface area contributed by atoms with Crippen LogP contribution in [0, 0.1) is 17.5 Å². The standard InChI is InChI=1S/C32H32F3N/c1-3-5-7-25-15-16-27(20-29(25)33)24-12-8-22(9-13-24)10-14-26-17-18-28(32(35)31(26)34)30-19-11-23(6-4-2)21-36-30/h8-9,11-13,15-21H,3-7,10,14H2,1-2H3. The average Bonchev–Trinajstić information content (AvgIpc) is 2.90. The van der Waals surface area contributed by atoms with Crippen molar-refractivity contribution in [1.29, 1.82) is 0 Å². The fraction of sp³-hybridized carbons (Fsp3) is 0.281. The zero-order valence-corrected chi connectivity index (χ0v) is 21.0. The lowest BCUT2D eigenvalue weighted by molar-refractivity contribution is 0.500. The van der Waals surface area contributed by atoms with Crippen LogP contribution in [0.4, 0.5) is 13.2 Å². The molecule has 4 rings (SSSR count). The van der Waals surface area contributed by atoms with E-state index in [2.05, 4.69) is 18.8 Å². The first kappa shape index (κ1) is 25.7. The van der Waals surface area contributed by atoms with Crippen LogP contribution >= 0.6 is 0 Å². The molecule has 0 atom stereocenters. The maximum Gasteiger partial charge on any atom is 0.168 e. The van der Waals surface area contributed by atoms with Crippen LogP contribution in [0.3, 0.4) is 0 Å². The molecule has 3 aromatic carbocycles. The molecule has 1 aromatic heterocycles. The summed E-state index contributed by atoms with van der Waals surface area (Å²) in [6, 6.07) is 20.1. The van der Waals surface area contributed by atoms with Crippen molar-refractivity contribution >= 4 is 0 Å². The third-order valence-corrected chi connectivity index (χ3v) is 6.62. The van der Waals surface area contributed by atoms with Crippen molar-refractivity contribution in [3.63, 3.8) is 0 Å². The Hall–Kier alpha value is -3.40. The highest BCUT2D eigenvalue weighted by Crippen LogP contribution is 2.27.